The number of nitrogens with one attached hydrogen (secondary N) is 1. The van der Waals surface area contributed by atoms with Crippen LogP contribution in [0.1, 0.15) is 37.8 Å². The first-order valence-electron chi connectivity index (χ1n) is 6.95. The maximum Gasteiger partial charge on any atom is 0.170 e. The molecular weight excluding hydrogens is 254 g/mol. The lowest BCUT2D eigenvalue weighted by atomic mass is 9.93. The molecule has 1 aliphatic heterocycles. The third-order valence-corrected chi connectivity index (χ3v) is 3.68. The number of rotatable bonds is 4. The zero-order chi connectivity index (χ0) is 14.6. The zero-order valence-corrected chi connectivity index (χ0v) is 12.1. The number of benzene rings is 1. The summed E-state index contributed by atoms with van der Waals surface area (Å²) in [6, 6.07) is 8.12. The Morgan fingerprint density at radius 1 is 1.50 bits per heavy atom. The molecule has 0 spiro atoms. The molecule has 1 aliphatic rings. The van der Waals surface area contributed by atoms with Crippen molar-refractivity contribution in [1.29, 1.82) is 0 Å². The summed E-state index contributed by atoms with van der Waals surface area (Å²) in [7, 11) is 0. The van der Waals surface area contributed by atoms with Gasteiger partial charge in [-0.25, -0.2) is 0 Å². The summed E-state index contributed by atoms with van der Waals surface area (Å²) in [6.07, 6.45) is 1.99. The van der Waals surface area contributed by atoms with Crippen molar-refractivity contribution in [2.45, 2.75) is 44.9 Å². The van der Waals surface area contributed by atoms with Gasteiger partial charge in [0.1, 0.15) is 0 Å². The Labute approximate surface area is 119 Å². The van der Waals surface area contributed by atoms with Gasteiger partial charge in [0.2, 0.25) is 0 Å². The van der Waals surface area contributed by atoms with E-state index >= 15 is 0 Å². The molecule has 0 bridgehead atoms. The molecule has 1 heterocycles. The van der Waals surface area contributed by atoms with Crippen LogP contribution in [0.4, 0.5) is 0 Å². The smallest absolute Gasteiger partial charge is 0.170 e. The molecule has 110 valence electrons. The van der Waals surface area contributed by atoms with Crippen molar-refractivity contribution in [3.05, 3.63) is 35.4 Å². The molecule has 20 heavy (non-hydrogen) atoms. The van der Waals surface area contributed by atoms with Gasteiger partial charge in [0, 0.05) is 24.8 Å². The SMILES string of the molecule is CC1(C)CC(NCc2ccccc2/C(N)=N/O)CCO1. The lowest BCUT2D eigenvalue weighted by molar-refractivity contribution is -0.0630. The van der Waals surface area contributed by atoms with E-state index in [-0.39, 0.29) is 11.4 Å². The van der Waals surface area contributed by atoms with Crippen molar-refractivity contribution >= 4 is 5.84 Å². The van der Waals surface area contributed by atoms with E-state index in [4.69, 9.17) is 15.7 Å². The van der Waals surface area contributed by atoms with E-state index in [9.17, 15) is 0 Å². The summed E-state index contributed by atoms with van der Waals surface area (Å²) in [5.41, 5.74) is 7.44. The number of nitrogens with zero attached hydrogens (tertiary/aromatic N) is 1. The largest absolute Gasteiger partial charge is 0.409 e. The average molecular weight is 277 g/mol. The van der Waals surface area contributed by atoms with Gasteiger partial charge < -0.3 is 21.0 Å². The summed E-state index contributed by atoms with van der Waals surface area (Å²) >= 11 is 0. The second-order valence-electron chi connectivity index (χ2n) is 5.82. The maximum absolute atomic E-state index is 8.82. The minimum absolute atomic E-state index is 0.0684. The molecular formula is C15H23N3O2. The number of amidine groups is 1. The Kier molecular flexibility index (Phi) is 4.62. The zero-order valence-electron chi connectivity index (χ0n) is 12.1. The second kappa shape index (κ2) is 6.24. The first kappa shape index (κ1) is 14.8. The molecule has 1 aromatic rings. The fraction of sp³-hybridized carbons (Fsp3) is 0.533. The van der Waals surface area contributed by atoms with Gasteiger partial charge >= 0.3 is 0 Å². The lowest BCUT2D eigenvalue weighted by Gasteiger charge is -2.36. The Morgan fingerprint density at radius 2 is 2.25 bits per heavy atom. The molecule has 2 rings (SSSR count). The summed E-state index contributed by atoms with van der Waals surface area (Å²) in [5, 5.41) is 15.4. The van der Waals surface area contributed by atoms with Crippen molar-refractivity contribution < 1.29 is 9.94 Å². The quantitative estimate of drug-likeness (QED) is 0.339. The predicted molar refractivity (Wildman–Crippen MR) is 78.8 cm³/mol. The van der Waals surface area contributed by atoms with Crippen molar-refractivity contribution in [2.24, 2.45) is 10.9 Å². The van der Waals surface area contributed by atoms with Gasteiger partial charge in [-0.3, -0.25) is 0 Å². The number of nitrogens with two attached hydrogens (primary N) is 1. The highest BCUT2D eigenvalue weighted by Crippen LogP contribution is 2.24. The van der Waals surface area contributed by atoms with E-state index in [1.807, 2.05) is 24.3 Å². The summed E-state index contributed by atoms with van der Waals surface area (Å²) < 4.78 is 5.71. The molecule has 1 fully saturated rings. The summed E-state index contributed by atoms with van der Waals surface area (Å²) in [4.78, 5) is 0. The van der Waals surface area contributed by atoms with E-state index in [1.54, 1.807) is 0 Å². The van der Waals surface area contributed by atoms with Gasteiger partial charge in [0.05, 0.1) is 5.60 Å². The highest BCUT2D eigenvalue weighted by atomic mass is 16.5. The normalized spacial score (nSPS) is 22.7. The Hall–Kier alpha value is -1.59. The van der Waals surface area contributed by atoms with Crippen LogP contribution in [0.25, 0.3) is 0 Å². The third-order valence-electron chi connectivity index (χ3n) is 3.68. The fourth-order valence-corrected chi connectivity index (χ4v) is 2.64. The highest BCUT2D eigenvalue weighted by Gasteiger charge is 2.28. The first-order chi connectivity index (χ1) is 9.52. The van der Waals surface area contributed by atoms with Crippen LogP contribution in [0.2, 0.25) is 0 Å². The topological polar surface area (TPSA) is 79.9 Å². The molecule has 0 aromatic heterocycles. The Balaban J connectivity index is 2.01. The van der Waals surface area contributed by atoms with Crippen LogP contribution in [-0.2, 0) is 11.3 Å². The van der Waals surface area contributed by atoms with Crippen LogP contribution >= 0.6 is 0 Å². The molecule has 0 radical (unpaired) electrons. The predicted octanol–water partition coefficient (Wildman–Crippen LogP) is 1.83. The highest BCUT2D eigenvalue weighted by molar-refractivity contribution is 5.98. The minimum Gasteiger partial charge on any atom is -0.409 e. The van der Waals surface area contributed by atoms with Crippen molar-refractivity contribution in [3.63, 3.8) is 0 Å². The van der Waals surface area contributed by atoms with Crippen LogP contribution in [-0.4, -0.2) is 29.3 Å². The van der Waals surface area contributed by atoms with Gasteiger partial charge in [0.25, 0.3) is 0 Å². The molecule has 4 N–H and O–H groups in total. The number of hydrogen-bond donors (Lipinski definition) is 3. The number of hydrogen-bond acceptors (Lipinski definition) is 4. The van der Waals surface area contributed by atoms with Gasteiger partial charge in [-0.2, -0.15) is 0 Å². The van der Waals surface area contributed by atoms with E-state index in [0.29, 0.717) is 12.6 Å². The Morgan fingerprint density at radius 3 is 2.95 bits per heavy atom. The summed E-state index contributed by atoms with van der Waals surface area (Å²) in [5.74, 6) is 0.148. The lowest BCUT2D eigenvalue weighted by Crippen LogP contribution is -2.43. The molecule has 0 aliphatic carbocycles. The van der Waals surface area contributed by atoms with Crippen molar-refractivity contribution in [1.82, 2.24) is 5.32 Å². The molecule has 1 saturated heterocycles. The van der Waals surface area contributed by atoms with Gasteiger partial charge in [-0.05, 0) is 32.3 Å². The van der Waals surface area contributed by atoms with Crippen LogP contribution < -0.4 is 11.1 Å². The van der Waals surface area contributed by atoms with E-state index in [0.717, 1.165) is 30.6 Å². The molecule has 1 atom stereocenters. The second-order valence-corrected chi connectivity index (χ2v) is 5.82. The first-order valence-corrected chi connectivity index (χ1v) is 6.95. The molecule has 5 nitrogen and oxygen atoms in total. The van der Waals surface area contributed by atoms with Crippen LogP contribution in [0.15, 0.2) is 29.4 Å². The van der Waals surface area contributed by atoms with Crippen LogP contribution in [0.5, 0.6) is 0 Å². The molecule has 1 unspecified atom stereocenters. The Bertz CT molecular complexity index is 486. The van der Waals surface area contributed by atoms with Crippen molar-refractivity contribution in [3.8, 4) is 0 Å². The van der Waals surface area contributed by atoms with Crippen LogP contribution in [0, 0.1) is 0 Å². The number of ether oxygens (including phenoxy) is 1. The van der Waals surface area contributed by atoms with E-state index in [2.05, 4.69) is 24.3 Å². The fourth-order valence-electron chi connectivity index (χ4n) is 2.64. The number of oxime groups is 1. The van der Waals surface area contributed by atoms with Crippen molar-refractivity contribution in [2.75, 3.05) is 6.61 Å². The minimum atomic E-state index is -0.0684. The molecule has 0 amide bonds. The standard InChI is InChI=1S/C15H23N3O2/c1-15(2)9-12(7-8-20-15)17-10-11-5-3-4-6-13(11)14(16)18-19/h3-6,12,17,19H,7-10H2,1-2H3,(H2,16,18). The molecule has 5 heteroatoms. The molecule has 0 saturated carbocycles. The average Bonchev–Trinajstić information content (AvgIpc) is 2.43. The van der Waals surface area contributed by atoms with Crippen LogP contribution in [0.3, 0.4) is 0 Å². The maximum atomic E-state index is 8.82. The van der Waals surface area contributed by atoms with Gasteiger partial charge in [0.15, 0.2) is 5.84 Å². The van der Waals surface area contributed by atoms with Gasteiger partial charge in [-0.1, -0.05) is 29.4 Å². The molecule has 1 aromatic carbocycles. The summed E-state index contributed by atoms with van der Waals surface area (Å²) in [6.45, 7) is 5.72. The van der Waals surface area contributed by atoms with E-state index < -0.39 is 0 Å². The third kappa shape index (κ3) is 3.71. The van der Waals surface area contributed by atoms with E-state index in [1.165, 1.54) is 0 Å². The van der Waals surface area contributed by atoms with Gasteiger partial charge in [-0.15, -0.1) is 0 Å². The monoisotopic (exact) mass is 277 g/mol.